The Labute approximate surface area is 96.0 Å². The molecule has 0 bridgehead atoms. The number of amides is 1. The number of carbonyl (C=O) groups is 1. The maximum atomic E-state index is 11.2. The molecule has 0 aliphatic rings. The van der Waals surface area contributed by atoms with Crippen LogP contribution in [0.3, 0.4) is 0 Å². The van der Waals surface area contributed by atoms with Gasteiger partial charge in [-0.3, -0.25) is 5.32 Å². The molecule has 7 heteroatoms. The highest BCUT2D eigenvalue weighted by molar-refractivity contribution is 6.33. The van der Waals surface area contributed by atoms with Crippen LogP contribution in [0.5, 0.6) is 0 Å². The van der Waals surface area contributed by atoms with E-state index in [9.17, 15) is 4.79 Å². The minimum Gasteiger partial charge on any atom is -0.450 e. The highest BCUT2D eigenvalue weighted by atomic mass is 35.5. The largest absolute Gasteiger partial charge is 0.450 e. The minimum atomic E-state index is -0.565. The monoisotopic (exact) mass is 240 g/mol. The summed E-state index contributed by atoms with van der Waals surface area (Å²) in [7, 11) is 0. The molecule has 84 valence electrons. The SMILES string of the molecule is CCOC(=O)Nc1cc2[nH]cnc2c(Cl)n1. The summed E-state index contributed by atoms with van der Waals surface area (Å²) >= 11 is 5.88. The summed E-state index contributed by atoms with van der Waals surface area (Å²) in [4.78, 5) is 22.0. The van der Waals surface area contributed by atoms with E-state index in [1.807, 2.05) is 0 Å². The number of hydrogen-bond acceptors (Lipinski definition) is 4. The van der Waals surface area contributed by atoms with Gasteiger partial charge < -0.3 is 9.72 Å². The molecule has 0 spiro atoms. The zero-order valence-corrected chi connectivity index (χ0v) is 9.21. The first-order chi connectivity index (χ1) is 7.70. The fourth-order valence-corrected chi connectivity index (χ4v) is 1.48. The summed E-state index contributed by atoms with van der Waals surface area (Å²) in [5.74, 6) is 0.320. The van der Waals surface area contributed by atoms with E-state index < -0.39 is 6.09 Å². The van der Waals surface area contributed by atoms with Gasteiger partial charge in [-0.25, -0.2) is 14.8 Å². The zero-order chi connectivity index (χ0) is 11.5. The molecule has 2 aromatic heterocycles. The van der Waals surface area contributed by atoms with Gasteiger partial charge in [-0.05, 0) is 6.92 Å². The van der Waals surface area contributed by atoms with Crippen molar-refractivity contribution in [2.45, 2.75) is 6.92 Å². The third-order valence-electron chi connectivity index (χ3n) is 1.87. The Kier molecular flexibility index (Phi) is 2.91. The van der Waals surface area contributed by atoms with Crippen molar-refractivity contribution < 1.29 is 9.53 Å². The van der Waals surface area contributed by atoms with Crippen LogP contribution < -0.4 is 5.32 Å². The van der Waals surface area contributed by atoms with Crippen LogP contribution in [-0.2, 0) is 4.74 Å². The molecule has 0 aliphatic heterocycles. The van der Waals surface area contributed by atoms with Crippen molar-refractivity contribution in [1.82, 2.24) is 15.0 Å². The first-order valence-electron chi connectivity index (χ1n) is 4.64. The lowest BCUT2D eigenvalue weighted by Gasteiger charge is -2.04. The fraction of sp³-hybridized carbons (Fsp3) is 0.222. The van der Waals surface area contributed by atoms with Gasteiger partial charge >= 0.3 is 6.09 Å². The van der Waals surface area contributed by atoms with Gasteiger partial charge in [0.1, 0.15) is 11.3 Å². The Morgan fingerprint density at radius 2 is 2.50 bits per heavy atom. The average molecular weight is 241 g/mol. The summed E-state index contributed by atoms with van der Waals surface area (Å²) in [5.41, 5.74) is 1.27. The normalized spacial score (nSPS) is 10.4. The van der Waals surface area contributed by atoms with Gasteiger partial charge in [0.05, 0.1) is 18.5 Å². The number of carbonyl (C=O) groups excluding carboxylic acids is 1. The lowest BCUT2D eigenvalue weighted by molar-refractivity contribution is 0.168. The zero-order valence-electron chi connectivity index (χ0n) is 8.45. The number of nitrogens with zero attached hydrogens (tertiary/aromatic N) is 2. The molecule has 0 unspecified atom stereocenters. The molecular formula is C9H9ClN4O2. The number of halogens is 1. The highest BCUT2D eigenvalue weighted by Crippen LogP contribution is 2.21. The minimum absolute atomic E-state index is 0.227. The Bertz CT molecular complexity index is 525. The maximum absolute atomic E-state index is 11.2. The molecule has 0 saturated heterocycles. The molecule has 0 radical (unpaired) electrons. The van der Waals surface area contributed by atoms with Crippen molar-refractivity contribution in [3.8, 4) is 0 Å². The van der Waals surface area contributed by atoms with Crippen molar-refractivity contribution in [1.29, 1.82) is 0 Å². The van der Waals surface area contributed by atoms with Crippen molar-refractivity contribution in [2.75, 3.05) is 11.9 Å². The third kappa shape index (κ3) is 2.06. The summed E-state index contributed by atoms with van der Waals surface area (Å²) in [6.45, 7) is 2.02. The predicted molar refractivity (Wildman–Crippen MR) is 59.5 cm³/mol. The topological polar surface area (TPSA) is 79.9 Å². The maximum Gasteiger partial charge on any atom is 0.412 e. The average Bonchev–Trinajstić information content (AvgIpc) is 2.66. The Morgan fingerprint density at radius 3 is 3.25 bits per heavy atom. The van der Waals surface area contributed by atoms with E-state index in [2.05, 4.69) is 20.3 Å². The van der Waals surface area contributed by atoms with Crippen LogP contribution in [0.1, 0.15) is 6.92 Å². The second kappa shape index (κ2) is 4.36. The molecule has 2 rings (SSSR count). The molecule has 16 heavy (non-hydrogen) atoms. The molecule has 1 amide bonds. The van der Waals surface area contributed by atoms with E-state index in [0.29, 0.717) is 23.5 Å². The van der Waals surface area contributed by atoms with Crippen molar-refractivity contribution in [3.05, 3.63) is 17.5 Å². The van der Waals surface area contributed by atoms with Gasteiger partial charge in [-0.2, -0.15) is 0 Å². The standard InChI is InChI=1S/C9H9ClN4O2/c1-2-16-9(15)14-6-3-5-7(8(10)13-6)12-4-11-5/h3-4H,2H2,1H3,(H,11,12)(H,13,14,15). The number of hydrogen-bond donors (Lipinski definition) is 2. The van der Waals surface area contributed by atoms with Crippen LogP contribution in [0.2, 0.25) is 5.15 Å². The first-order valence-corrected chi connectivity index (χ1v) is 5.02. The summed E-state index contributed by atoms with van der Waals surface area (Å²) in [5, 5.41) is 2.69. The number of aromatic nitrogens is 3. The summed E-state index contributed by atoms with van der Waals surface area (Å²) in [6.07, 6.45) is 0.941. The number of rotatable bonds is 2. The third-order valence-corrected chi connectivity index (χ3v) is 2.13. The second-order valence-corrected chi connectivity index (χ2v) is 3.30. The smallest absolute Gasteiger partial charge is 0.412 e. The van der Waals surface area contributed by atoms with Gasteiger partial charge in [-0.1, -0.05) is 11.6 Å². The number of nitrogens with one attached hydrogen (secondary N) is 2. The van der Waals surface area contributed by atoms with E-state index in [1.165, 1.54) is 6.33 Å². The van der Waals surface area contributed by atoms with Crippen LogP contribution in [0.25, 0.3) is 11.0 Å². The number of anilines is 1. The summed E-state index contributed by atoms with van der Waals surface area (Å²) in [6, 6.07) is 1.63. The van der Waals surface area contributed by atoms with Gasteiger partial charge in [0.15, 0.2) is 5.15 Å². The van der Waals surface area contributed by atoms with E-state index in [4.69, 9.17) is 16.3 Å². The first kappa shape index (κ1) is 10.7. The van der Waals surface area contributed by atoms with Gasteiger partial charge in [0.25, 0.3) is 0 Å². The number of H-pyrrole nitrogens is 1. The van der Waals surface area contributed by atoms with Crippen LogP contribution in [0.15, 0.2) is 12.4 Å². The van der Waals surface area contributed by atoms with Crippen molar-refractivity contribution >= 4 is 34.5 Å². The van der Waals surface area contributed by atoms with Crippen molar-refractivity contribution in [3.63, 3.8) is 0 Å². The molecule has 6 nitrogen and oxygen atoms in total. The Hall–Kier alpha value is -1.82. The number of aromatic amines is 1. The number of pyridine rings is 1. The Morgan fingerprint density at radius 1 is 1.69 bits per heavy atom. The second-order valence-electron chi connectivity index (χ2n) is 2.94. The number of ether oxygens (including phenoxy) is 1. The van der Waals surface area contributed by atoms with E-state index in [0.717, 1.165) is 0 Å². The van der Waals surface area contributed by atoms with Gasteiger partial charge in [0, 0.05) is 6.07 Å². The van der Waals surface area contributed by atoms with Gasteiger partial charge in [-0.15, -0.1) is 0 Å². The molecule has 0 saturated carbocycles. The summed E-state index contributed by atoms with van der Waals surface area (Å²) < 4.78 is 4.72. The van der Waals surface area contributed by atoms with Crippen LogP contribution in [-0.4, -0.2) is 27.7 Å². The number of imidazole rings is 1. The number of fused-ring (bicyclic) bond motifs is 1. The highest BCUT2D eigenvalue weighted by Gasteiger charge is 2.08. The molecule has 0 aliphatic carbocycles. The van der Waals surface area contributed by atoms with Gasteiger partial charge in [0.2, 0.25) is 0 Å². The Balaban J connectivity index is 2.28. The van der Waals surface area contributed by atoms with Crippen LogP contribution in [0, 0.1) is 0 Å². The van der Waals surface area contributed by atoms with E-state index in [-0.39, 0.29) is 5.15 Å². The van der Waals surface area contributed by atoms with Crippen LogP contribution in [0.4, 0.5) is 10.6 Å². The lowest BCUT2D eigenvalue weighted by Crippen LogP contribution is -2.14. The molecule has 0 aromatic carbocycles. The van der Waals surface area contributed by atoms with E-state index in [1.54, 1.807) is 13.0 Å². The molecular weight excluding hydrogens is 232 g/mol. The van der Waals surface area contributed by atoms with Crippen molar-refractivity contribution in [2.24, 2.45) is 0 Å². The quantitative estimate of drug-likeness (QED) is 0.789. The molecule has 2 heterocycles. The van der Waals surface area contributed by atoms with Crippen LogP contribution >= 0.6 is 11.6 Å². The molecule has 2 N–H and O–H groups in total. The van der Waals surface area contributed by atoms with E-state index >= 15 is 0 Å². The lowest BCUT2D eigenvalue weighted by atomic mass is 10.4. The molecule has 0 fully saturated rings. The fourth-order valence-electron chi connectivity index (χ4n) is 1.24. The molecule has 0 atom stereocenters. The predicted octanol–water partition coefficient (Wildman–Crippen LogP) is 2.18. The molecule has 2 aromatic rings.